The molecule has 2 N–H and O–H groups in total. The zero-order valence-electron chi connectivity index (χ0n) is 10.5. The van der Waals surface area contributed by atoms with Crippen LogP contribution in [0.15, 0.2) is 35.0 Å². The number of thiophene rings is 1. The van der Waals surface area contributed by atoms with E-state index < -0.39 is 17.8 Å². The van der Waals surface area contributed by atoms with Gasteiger partial charge in [0.05, 0.1) is 18.7 Å². The van der Waals surface area contributed by atoms with Crippen molar-refractivity contribution in [3.05, 3.63) is 51.7 Å². The van der Waals surface area contributed by atoms with Crippen molar-refractivity contribution < 1.29 is 17.9 Å². The summed E-state index contributed by atoms with van der Waals surface area (Å²) < 4.78 is 42.9. The Hall–Kier alpha value is -1.24. The number of hydrogen-bond donors (Lipinski definition) is 1. The number of methoxy groups -OCH3 is 1. The van der Waals surface area contributed by atoms with Gasteiger partial charge in [-0.3, -0.25) is 0 Å². The van der Waals surface area contributed by atoms with Gasteiger partial charge in [-0.1, -0.05) is 6.07 Å². The van der Waals surface area contributed by atoms with Crippen molar-refractivity contribution in [2.45, 2.75) is 12.2 Å². The van der Waals surface area contributed by atoms with E-state index in [1.807, 2.05) is 16.8 Å². The molecule has 0 spiro atoms. The minimum Gasteiger partial charge on any atom is -0.496 e. The minimum atomic E-state index is -4.39. The average molecular weight is 324 g/mol. The Balaban J connectivity index is 0.00000200. The smallest absolute Gasteiger partial charge is 0.416 e. The second kappa shape index (κ2) is 6.47. The number of ether oxygens (including phenoxy) is 1. The molecule has 20 heavy (non-hydrogen) atoms. The van der Waals surface area contributed by atoms with E-state index in [-0.39, 0.29) is 18.2 Å². The molecule has 2 nitrogen and oxygen atoms in total. The fourth-order valence-corrected chi connectivity index (χ4v) is 2.47. The Kier molecular flexibility index (Phi) is 5.44. The van der Waals surface area contributed by atoms with Gasteiger partial charge < -0.3 is 10.5 Å². The minimum absolute atomic E-state index is 0. The van der Waals surface area contributed by atoms with Crippen LogP contribution in [0.3, 0.4) is 0 Å². The Morgan fingerprint density at radius 3 is 2.45 bits per heavy atom. The highest BCUT2D eigenvalue weighted by Crippen LogP contribution is 2.36. The summed E-state index contributed by atoms with van der Waals surface area (Å²) in [4.78, 5) is 0. The van der Waals surface area contributed by atoms with E-state index in [0.717, 1.165) is 17.7 Å². The molecule has 1 aromatic carbocycles. The number of benzene rings is 1. The average Bonchev–Trinajstić information content (AvgIpc) is 2.90. The maximum absolute atomic E-state index is 12.6. The van der Waals surface area contributed by atoms with Gasteiger partial charge in [-0.05, 0) is 34.5 Å². The second-order valence-electron chi connectivity index (χ2n) is 3.99. The number of alkyl halides is 3. The summed E-state index contributed by atoms with van der Waals surface area (Å²) in [7, 11) is 1.33. The summed E-state index contributed by atoms with van der Waals surface area (Å²) in [5.41, 5.74) is 6.68. The van der Waals surface area contributed by atoms with Crippen LogP contribution in [0.2, 0.25) is 0 Å². The third-order valence-electron chi connectivity index (χ3n) is 2.80. The summed E-state index contributed by atoms with van der Waals surface area (Å²) in [5, 5.41) is 3.73. The van der Waals surface area contributed by atoms with Gasteiger partial charge in [-0.25, -0.2) is 0 Å². The fraction of sp³-hybridized carbons (Fsp3) is 0.231. The van der Waals surface area contributed by atoms with E-state index in [9.17, 15) is 13.2 Å². The van der Waals surface area contributed by atoms with Gasteiger partial charge in [-0.2, -0.15) is 24.5 Å². The van der Waals surface area contributed by atoms with Crippen molar-refractivity contribution in [3.63, 3.8) is 0 Å². The van der Waals surface area contributed by atoms with Gasteiger partial charge >= 0.3 is 6.18 Å². The van der Waals surface area contributed by atoms with Gasteiger partial charge in [0.25, 0.3) is 0 Å². The molecule has 0 saturated heterocycles. The molecule has 0 fully saturated rings. The highest BCUT2D eigenvalue weighted by molar-refractivity contribution is 7.08. The Labute approximate surface area is 124 Å². The van der Waals surface area contributed by atoms with Gasteiger partial charge in [-0.15, -0.1) is 12.4 Å². The maximum Gasteiger partial charge on any atom is 0.416 e. The lowest BCUT2D eigenvalue weighted by Gasteiger charge is -2.17. The highest BCUT2D eigenvalue weighted by atomic mass is 35.5. The van der Waals surface area contributed by atoms with Gasteiger partial charge in [0.2, 0.25) is 0 Å². The first kappa shape index (κ1) is 16.8. The van der Waals surface area contributed by atoms with E-state index in [1.54, 1.807) is 0 Å². The van der Waals surface area contributed by atoms with Gasteiger partial charge in [0.1, 0.15) is 5.75 Å². The SMILES string of the molecule is COc1cc(C(F)(F)F)ccc1[C@@H](N)c1ccsc1.Cl. The van der Waals surface area contributed by atoms with Crippen LogP contribution >= 0.6 is 23.7 Å². The molecule has 0 aliphatic heterocycles. The van der Waals surface area contributed by atoms with Crippen molar-refractivity contribution in [1.82, 2.24) is 0 Å². The van der Waals surface area contributed by atoms with Crippen LogP contribution in [-0.2, 0) is 6.18 Å². The molecule has 0 aliphatic carbocycles. The Bertz CT molecular complexity index is 557. The second-order valence-corrected chi connectivity index (χ2v) is 4.77. The normalized spacial score (nSPS) is 12.7. The molecule has 2 rings (SSSR count). The van der Waals surface area contributed by atoms with Crippen molar-refractivity contribution in [2.75, 3.05) is 7.11 Å². The lowest BCUT2D eigenvalue weighted by Crippen LogP contribution is -2.13. The standard InChI is InChI=1S/C13H12F3NOS.ClH/c1-18-11-6-9(13(14,15)16)2-3-10(11)12(17)8-4-5-19-7-8;/h2-7,12H,17H2,1H3;1H/t12-;/m0./s1. The van der Waals surface area contributed by atoms with Crippen molar-refractivity contribution in [3.8, 4) is 5.75 Å². The molecular weight excluding hydrogens is 311 g/mol. The topological polar surface area (TPSA) is 35.2 Å². The summed E-state index contributed by atoms with van der Waals surface area (Å²) in [6.45, 7) is 0. The summed E-state index contributed by atoms with van der Waals surface area (Å²) in [6, 6.07) is 4.70. The Morgan fingerprint density at radius 2 is 1.95 bits per heavy atom. The molecule has 2 aromatic rings. The summed E-state index contributed by atoms with van der Waals surface area (Å²) >= 11 is 1.48. The number of nitrogens with two attached hydrogens (primary N) is 1. The van der Waals surface area contributed by atoms with Crippen molar-refractivity contribution >= 4 is 23.7 Å². The number of halogens is 4. The van der Waals surface area contributed by atoms with E-state index in [4.69, 9.17) is 10.5 Å². The molecule has 0 bridgehead atoms. The van der Waals surface area contributed by atoms with Gasteiger partial charge in [0, 0.05) is 5.56 Å². The van der Waals surface area contributed by atoms with Crippen molar-refractivity contribution in [1.29, 1.82) is 0 Å². The maximum atomic E-state index is 12.6. The van der Waals surface area contributed by atoms with E-state index in [1.165, 1.54) is 24.5 Å². The number of rotatable bonds is 3. The molecule has 0 radical (unpaired) electrons. The van der Waals surface area contributed by atoms with Gasteiger partial charge in [0.15, 0.2) is 0 Å². The van der Waals surface area contributed by atoms with E-state index in [2.05, 4.69) is 0 Å². The van der Waals surface area contributed by atoms with Crippen LogP contribution in [0.25, 0.3) is 0 Å². The zero-order chi connectivity index (χ0) is 14.0. The fourth-order valence-electron chi connectivity index (χ4n) is 1.78. The molecule has 0 unspecified atom stereocenters. The molecule has 1 aromatic heterocycles. The van der Waals surface area contributed by atoms with Crippen LogP contribution in [0.4, 0.5) is 13.2 Å². The van der Waals surface area contributed by atoms with Crippen LogP contribution in [-0.4, -0.2) is 7.11 Å². The van der Waals surface area contributed by atoms with Crippen LogP contribution < -0.4 is 10.5 Å². The lowest BCUT2D eigenvalue weighted by atomic mass is 9.99. The molecule has 0 aliphatic rings. The molecule has 7 heteroatoms. The van der Waals surface area contributed by atoms with E-state index >= 15 is 0 Å². The molecule has 1 atom stereocenters. The Morgan fingerprint density at radius 1 is 1.25 bits per heavy atom. The van der Waals surface area contributed by atoms with Crippen LogP contribution in [0.1, 0.15) is 22.7 Å². The van der Waals surface area contributed by atoms with Crippen LogP contribution in [0, 0.1) is 0 Å². The first-order valence-electron chi connectivity index (χ1n) is 5.46. The predicted octanol–water partition coefficient (Wildman–Crippen LogP) is 4.25. The first-order valence-corrected chi connectivity index (χ1v) is 6.40. The molecular formula is C13H13ClF3NOS. The predicted molar refractivity (Wildman–Crippen MR) is 75.6 cm³/mol. The summed E-state index contributed by atoms with van der Waals surface area (Å²) in [5.74, 6) is 0.147. The zero-order valence-corrected chi connectivity index (χ0v) is 12.1. The molecule has 0 saturated carbocycles. The molecule has 1 heterocycles. The molecule has 110 valence electrons. The first-order chi connectivity index (χ1) is 8.93. The highest BCUT2D eigenvalue weighted by Gasteiger charge is 2.31. The largest absolute Gasteiger partial charge is 0.496 e. The third-order valence-corrected chi connectivity index (χ3v) is 3.50. The lowest BCUT2D eigenvalue weighted by molar-refractivity contribution is -0.137. The van der Waals surface area contributed by atoms with Crippen LogP contribution in [0.5, 0.6) is 5.75 Å². The third kappa shape index (κ3) is 3.45. The van der Waals surface area contributed by atoms with Crippen molar-refractivity contribution in [2.24, 2.45) is 5.73 Å². The number of hydrogen-bond acceptors (Lipinski definition) is 3. The molecule has 0 amide bonds. The van der Waals surface area contributed by atoms with E-state index in [0.29, 0.717) is 5.56 Å². The monoisotopic (exact) mass is 323 g/mol. The quantitative estimate of drug-likeness (QED) is 0.916. The summed E-state index contributed by atoms with van der Waals surface area (Å²) in [6.07, 6.45) is -4.39.